The van der Waals surface area contributed by atoms with Gasteiger partial charge in [0.1, 0.15) is 0 Å². The number of nitrogens with one attached hydrogen (secondary N) is 2. The minimum atomic E-state index is -0.812. The average molecular weight is 401 g/mol. The fourth-order valence-corrected chi connectivity index (χ4v) is 4.31. The summed E-state index contributed by atoms with van der Waals surface area (Å²) in [6, 6.07) is 0.381. The van der Waals surface area contributed by atoms with E-state index in [9.17, 15) is 19.8 Å². The Bertz CT molecular complexity index is 478. The highest BCUT2D eigenvalue weighted by Crippen LogP contribution is 2.23. The molecule has 0 bridgehead atoms. The largest absolute Gasteiger partial charge is 0.480 e. The molecule has 0 saturated carbocycles. The number of carbonyl (C=O) groups is 2. The molecule has 2 unspecified atom stereocenters. The lowest BCUT2D eigenvalue weighted by Gasteiger charge is -2.42. The van der Waals surface area contributed by atoms with E-state index in [0.717, 1.165) is 12.8 Å². The molecule has 164 valence electrons. The fourth-order valence-electron chi connectivity index (χ4n) is 4.31. The Morgan fingerprint density at radius 2 is 1.14 bits per heavy atom. The Kier molecular flexibility index (Phi) is 9.33. The van der Waals surface area contributed by atoms with E-state index in [1.807, 2.05) is 9.80 Å². The van der Waals surface area contributed by atoms with Crippen molar-refractivity contribution in [2.45, 2.75) is 77.5 Å². The first-order valence-electron chi connectivity index (χ1n) is 10.2. The van der Waals surface area contributed by atoms with Crippen LogP contribution in [0.5, 0.6) is 0 Å². The van der Waals surface area contributed by atoms with Gasteiger partial charge in [-0.25, -0.2) is 0 Å². The Morgan fingerprint density at radius 1 is 0.821 bits per heavy atom. The Balaban J connectivity index is 2.97. The Morgan fingerprint density at radius 3 is 1.43 bits per heavy atom. The minimum absolute atomic E-state index is 0.0215. The number of aliphatic carboxylic acids is 2. The summed E-state index contributed by atoms with van der Waals surface area (Å²) in [6.07, 6.45) is 1.61. The van der Waals surface area contributed by atoms with Gasteiger partial charge in [-0.15, -0.1) is 0 Å². The normalized spacial score (nSPS) is 28.4. The van der Waals surface area contributed by atoms with E-state index in [0.29, 0.717) is 26.2 Å². The van der Waals surface area contributed by atoms with Crippen molar-refractivity contribution in [3.63, 3.8) is 0 Å². The van der Waals surface area contributed by atoms with Gasteiger partial charge in [0.15, 0.2) is 0 Å². The molecule has 1 heterocycles. The molecule has 0 aliphatic carbocycles. The molecule has 4 N–H and O–H groups in total. The zero-order valence-electron chi connectivity index (χ0n) is 18.4. The van der Waals surface area contributed by atoms with Gasteiger partial charge in [-0.05, 0) is 54.4 Å². The van der Waals surface area contributed by atoms with E-state index in [1.54, 1.807) is 0 Å². The summed E-state index contributed by atoms with van der Waals surface area (Å²) in [5, 5.41) is 25.6. The molecular formula is C20H40N4O4. The predicted octanol–water partition coefficient (Wildman–Crippen LogP) is 1.07. The topological polar surface area (TPSA) is 105 Å². The molecule has 1 saturated heterocycles. The SMILES string of the molecule is CC1CC(C)(C)N(CC(=O)O)CCNC(C)CC(C)(C)N(CC(=O)O)CCN1. The molecule has 1 rings (SSSR count). The molecule has 8 nitrogen and oxygen atoms in total. The van der Waals surface area contributed by atoms with Crippen LogP contribution in [0.15, 0.2) is 0 Å². The monoisotopic (exact) mass is 400 g/mol. The quantitative estimate of drug-likeness (QED) is 0.555. The lowest BCUT2D eigenvalue weighted by atomic mass is 9.92. The zero-order chi connectivity index (χ0) is 21.5. The number of nitrogens with zero attached hydrogens (tertiary/aromatic N) is 2. The van der Waals surface area contributed by atoms with Gasteiger partial charge >= 0.3 is 11.9 Å². The molecule has 1 aliphatic heterocycles. The van der Waals surface area contributed by atoms with Crippen molar-refractivity contribution in [3.05, 3.63) is 0 Å². The van der Waals surface area contributed by atoms with E-state index >= 15 is 0 Å². The van der Waals surface area contributed by atoms with Gasteiger partial charge in [0.25, 0.3) is 0 Å². The van der Waals surface area contributed by atoms with E-state index in [2.05, 4.69) is 52.2 Å². The molecule has 0 aromatic heterocycles. The van der Waals surface area contributed by atoms with Crippen LogP contribution in [-0.4, -0.2) is 94.4 Å². The molecule has 0 spiro atoms. The Hall–Kier alpha value is -1.22. The third kappa shape index (κ3) is 8.43. The summed E-state index contributed by atoms with van der Waals surface area (Å²) in [6.45, 7) is 15.3. The second kappa shape index (κ2) is 10.5. The second-order valence-electron chi connectivity index (χ2n) is 9.37. The number of hydrogen-bond acceptors (Lipinski definition) is 6. The molecule has 2 atom stereocenters. The van der Waals surface area contributed by atoms with Gasteiger partial charge in [-0.3, -0.25) is 19.4 Å². The van der Waals surface area contributed by atoms with Gasteiger partial charge in [-0.2, -0.15) is 0 Å². The highest BCUT2D eigenvalue weighted by molar-refractivity contribution is 5.69. The summed E-state index contributed by atoms with van der Waals surface area (Å²) in [7, 11) is 0. The van der Waals surface area contributed by atoms with Crippen molar-refractivity contribution in [1.82, 2.24) is 20.4 Å². The molecule has 28 heavy (non-hydrogen) atoms. The third-order valence-corrected chi connectivity index (χ3v) is 5.72. The fraction of sp³-hybridized carbons (Fsp3) is 0.900. The van der Waals surface area contributed by atoms with Crippen molar-refractivity contribution in [1.29, 1.82) is 0 Å². The maximum atomic E-state index is 11.4. The van der Waals surface area contributed by atoms with E-state index in [1.165, 1.54) is 0 Å². The molecule has 0 aromatic rings. The molecule has 0 radical (unpaired) electrons. The van der Waals surface area contributed by atoms with Gasteiger partial charge in [0, 0.05) is 49.3 Å². The number of rotatable bonds is 4. The van der Waals surface area contributed by atoms with Crippen LogP contribution in [0.1, 0.15) is 54.4 Å². The minimum Gasteiger partial charge on any atom is -0.480 e. The molecule has 8 heteroatoms. The van der Waals surface area contributed by atoms with Crippen LogP contribution in [0, 0.1) is 0 Å². The van der Waals surface area contributed by atoms with Gasteiger partial charge < -0.3 is 20.8 Å². The number of carboxylic acid groups (broad SMARTS) is 2. The average Bonchev–Trinajstić information content (AvgIpc) is 2.50. The van der Waals surface area contributed by atoms with Crippen LogP contribution in [0.4, 0.5) is 0 Å². The van der Waals surface area contributed by atoms with Gasteiger partial charge in [0.05, 0.1) is 13.1 Å². The van der Waals surface area contributed by atoms with E-state index in [-0.39, 0.29) is 36.3 Å². The van der Waals surface area contributed by atoms with E-state index < -0.39 is 11.9 Å². The van der Waals surface area contributed by atoms with Crippen LogP contribution in [0.25, 0.3) is 0 Å². The summed E-state index contributed by atoms with van der Waals surface area (Å²) < 4.78 is 0. The second-order valence-corrected chi connectivity index (χ2v) is 9.37. The first-order chi connectivity index (χ1) is 12.8. The first kappa shape index (κ1) is 24.8. The maximum absolute atomic E-state index is 11.4. The number of carboxylic acids is 2. The lowest BCUT2D eigenvalue weighted by Crippen LogP contribution is -2.55. The summed E-state index contributed by atoms with van der Waals surface area (Å²) >= 11 is 0. The van der Waals surface area contributed by atoms with Crippen molar-refractivity contribution in [3.8, 4) is 0 Å². The molecule has 0 aromatic carbocycles. The van der Waals surface area contributed by atoms with Gasteiger partial charge in [0.2, 0.25) is 0 Å². The molecular weight excluding hydrogens is 360 g/mol. The van der Waals surface area contributed by atoms with Crippen molar-refractivity contribution in [2.24, 2.45) is 0 Å². The summed E-state index contributed by atoms with van der Waals surface area (Å²) in [4.78, 5) is 26.8. The number of hydrogen-bond donors (Lipinski definition) is 4. The smallest absolute Gasteiger partial charge is 0.317 e. The van der Waals surface area contributed by atoms with Crippen LogP contribution in [0.2, 0.25) is 0 Å². The van der Waals surface area contributed by atoms with Crippen LogP contribution >= 0.6 is 0 Å². The predicted molar refractivity (Wildman–Crippen MR) is 111 cm³/mol. The van der Waals surface area contributed by atoms with Crippen molar-refractivity contribution >= 4 is 11.9 Å². The van der Waals surface area contributed by atoms with E-state index in [4.69, 9.17) is 0 Å². The van der Waals surface area contributed by atoms with Crippen LogP contribution < -0.4 is 10.6 Å². The van der Waals surface area contributed by atoms with Crippen molar-refractivity contribution in [2.75, 3.05) is 39.3 Å². The van der Waals surface area contributed by atoms with Crippen LogP contribution in [0.3, 0.4) is 0 Å². The van der Waals surface area contributed by atoms with Crippen LogP contribution in [-0.2, 0) is 9.59 Å². The first-order valence-corrected chi connectivity index (χ1v) is 10.2. The summed E-state index contributed by atoms with van der Waals surface area (Å²) in [5.41, 5.74) is -0.528. The standard InChI is InChI=1S/C20H40N4O4/c1-15-11-19(3,4)23(13-17(25)26)10-8-22-16(2)12-20(5,6)24(9-7-21-15)14-18(27)28/h15-16,21-22H,7-14H2,1-6H3,(H,25,26)(H,27,28). The van der Waals surface area contributed by atoms with Gasteiger partial charge in [-0.1, -0.05) is 0 Å². The third-order valence-electron chi connectivity index (χ3n) is 5.72. The highest BCUT2D eigenvalue weighted by Gasteiger charge is 2.32. The molecule has 1 aliphatic rings. The summed E-state index contributed by atoms with van der Waals surface area (Å²) in [5.74, 6) is -1.62. The maximum Gasteiger partial charge on any atom is 0.317 e. The zero-order valence-corrected chi connectivity index (χ0v) is 18.4. The molecule has 1 fully saturated rings. The molecule has 0 amide bonds. The Labute approximate surface area is 169 Å². The lowest BCUT2D eigenvalue weighted by molar-refractivity contribution is -0.141. The van der Waals surface area contributed by atoms with Crippen molar-refractivity contribution < 1.29 is 19.8 Å². The highest BCUT2D eigenvalue weighted by atomic mass is 16.4.